The van der Waals surface area contributed by atoms with Crippen molar-refractivity contribution in [2.24, 2.45) is 16.7 Å². The average Bonchev–Trinajstić information content (AvgIpc) is 2.19. The summed E-state index contributed by atoms with van der Waals surface area (Å²) in [6, 6.07) is 0. The van der Waals surface area contributed by atoms with Crippen molar-refractivity contribution in [3.8, 4) is 0 Å². The van der Waals surface area contributed by atoms with Gasteiger partial charge in [0.2, 0.25) is 0 Å². The molecule has 2 atom stereocenters. The lowest BCUT2D eigenvalue weighted by molar-refractivity contribution is -0.129. The van der Waals surface area contributed by atoms with Crippen LogP contribution in [0.15, 0.2) is 24.3 Å². The summed E-state index contributed by atoms with van der Waals surface area (Å²) >= 11 is 0. The molecule has 2 rings (SSSR count). The first kappa shape index (κ1) is 11.6. The molecule has 2 aliphatic carbocycles. The minimum Gasteiger partial charge on any atom is -0.299 e. The van der Waals surface area contributed by atoms with Crippen LogP contribution in [0.1, 0.15) is 46.5 Å². The summed E-state index contributed by atoms with van der Waals surface area (Å²) in [4.78, 5) is 12.0. The van der Waals surface area contributed by atoms with Gasteiger partial charge in [0, 0.05) is 17.8 Å². The summed E-state index contributed by atoms with van der Waals surface area (Å²) in [6.07, 6.45) is 8.28. The van der Waals surface area contributed by atoms with E-state index in [4.69, 9.17) is 0 Å². The van der Waals surface area contributed by atoms with Crippen LogP contribution in [0, 0.1) is 16.7 Å². The summed E-state index contributed by atoms with van der Waals surface area (Å²) in [6.45, 7) is 10.8. The molecule has 88 valence electrons. The molecule has 2 aliphatic rings. The van der Waals surface area contributed by atoms with Crippen molar-refractivity contribution in [1.29, 1.82) is 0 Å². The zero-order valence-electron chi connectivity index (χ0n) is 10.7. The van der Waals surface area contributed by atoms with Gasteiger partial charge in [0.15, 0.2) is 0 Å². The second-order valence-electron chi connectivity index (χ2n) is 6.10. The highest BCUT2D eigenvalue weighted by atomic mass is 16.1. The van der Waals surface area contributed by atoms with Crippen LogP contribution >= 0.6 is 0 Å². The van der Waals surface area contributed by atoms with Gasteiger partial charge in [-0.2, -0.15) is 0 Å². The SMILES string of the molecule is C=C1CC=CC(C)(C)C12CC[C@@H](C)C(=O)C2. The normalized spacial score (nSPS) is 38.1. The van der Waals surface area contributed by atoms with Crippen LogP contribution in [0.4, 0.5) is 0 Å². The first-order valence-electron chi connectivity index (χ1n) is 6.28. The molecule has 0 aromatic heterocycles. The first-order chi connectivity index (χ1) is 7.39. The molecule has 1 unspecified atom stereocenters. The fourth-order valence-electron chi connectivity index (χ4n) is 3.34. The Hall–Kier alpha value is -0.850. The van der Waals surface area contributed by atoms with E-state index in [-0.39, 0.29) is 16.7 Å². The lowest BCUT2D eigenvalue weighted by Crippen LogP contribution is -2.45. The van der Waals surface area contributed by atoms with E-state index in [2.05, 4.69) is 39.5 Å². The van der Waals surface area contributed by atoms with Gasteiger partial charge in [-0.05, 0) is 24.7 Å². The predicted octanol–water partition coefficient (Wildman–Crippen LogP) is 3.90. The smallest absolute Gasteiger partial charge is 0.136 e. The molecule has 0 heterocycles. The van der Waals surface area contributed by atoms with E-state index >= 15 is 0 Å². The Labute approximate surface area is 98.6 Å². The zero-order valence-corrected chi connectivity index (χ0v) is 10.7. The van der Waals surface area contributed by atoms with Gasteiger partial charge in [-0.3, -0.25) is 4.79 Å². The van der Waals surface area contributed by atoms with Crippen LogP contribution in [0.25, 0.3) is 0 Å². The van der Waals surface area contributed by atoms with Crippen molar-refractivity contribution in [3.05, 3.63) is 24.3 Å². The molecule has 0 aromatic rings. The van der Waals surface area contributed by atoms with Gasteiger partial charge in [0.1, 0.15) is 5.78 Å². The van der Waals surface area contributed by atoms with Gasteiger partial charge in [-0.1, -0.05) is 45.1 Å². The van der Waals surface area contributed by atoms with Crippen LogP contribution < -0.4 is 0 Å². The van der Waals surface area contributed by atoms with Crippen molar-refractivity contribution in [2.45, 2.75) is 46.5 Å². The van der Waals surface area contributed by atoms with E-state index in [1.807, 2.05) is 0 Å². The minimum absolute atomic E-state index is 0.0331. The zero-order chi connectivity index (χ0) is 12.0. The summed E-state index contributed by atoms with van der Waals surface area (Å²) < 4.78 is 0. The maximum absolute atomic E-state index is 12.0. The number of Topliss-reactive ketones (excluding diaryl/α,β-unsaturated/α-hetero) is 1. The molecule has 0 radical (unpaired) electrons. The fraction of sp³-hybridized carbons (Fsp3) is 0.667. The number of hydrogen-bond donors (Lipinski definition) is 0. The van der Waals surface area contributed by atoms with Crippen LogP contribution in [-0.2, 0) is 4.79 Å². The second kappa shape index (κ2) is 3.58. The highest BCUT2D eigenvalue weighted by Crippen LogP contribution is 2.57. The van der Waals surface area contributed by atoms with Crippen molar-refractivity contribution < 1.29 is 4.79 Å². The van der Waals surface area contributed by atoms with Gasteiger partial charge in [0.25, 0.3) is 0 Å². The number of allylic oxidation sites excluding steroid dienone is 3. The van der Waals surface area contributed by atoms with E-state index < -0.39 is 0 Å². The molecule has 1 heteroatoms. The average molecular weight is 218 g/mol. The van der Waals surface area contributed by atoms with Crippen LogP contribution in [0.2, 0.25) is 0 Å². The highest BCUT2D eigenvalue weighted by Gasteiger charge is 2.50. The fourth-order valence-corrected chi connectivity index (χ4v) is 3.34. The summed E-state index contributed by atoms with van der Waals surface area (Å²) in [5.41, 5.74) is 1.38. The Morgan fingerprint density at radius 3 is 2.69 bits per heavy atom. The Morgan fingerprint density at radius 2 is 2.12 bits per heavy atom. The van der Waals surface area contributed by atoms with Crippen molar-refractivity contribution in [1.82, 2.24) is 0 Å². The monoisotopic (exact) mass is 218 g/mol. The van der Waals surface area contributed by atoms with Crippen molar-refractivity contribution >= 4 is 5.78 Å². The number of carbonyl (C=O) groups is 1. The van der Waals surface area contributed by atoms with Gasteiger partial charge in [-0.15, -0.1) is 0 Å². The standard InChI is InChI=1S/C15H22O/c1-11-7-9-15(10-13(11)16)12(2)6-5-8-14(15,3)4/h5,8,11H,2,6-7,9-10H2,1,3-4H3/t11-,15?/m1/s1. The number of ketones is 1. The molecule has 1 fully saturated rings. The summed E-state index contributed by atoms with van der Waals surface area (Å²) in [5.74, 6) is 0.677. The molecule has 1 saturated carbocycles. The lowest BCUT2D eigenvalue weighted by atomic mass is 9.52. The van der Waals surface area contributed by atoms with E-state index in [0.717, 1.165) is 19.3 Å². The number of hydrogen-bond acceptors (Lipinski definition) is 1. The highest BCUT2D eigenvalue weighted by molar-refractivity contribution is 5.83. The molecule has 16 heavy (non-hydrogen) atoms. The molecule has 0 N–H and O–H groups in total. The van der Waals surface area contributed by atoms with Gasteiger partial charge in [0.05, 0.1) is 0 Å². The Morgan fingerprint density at radius 1 is 1.44 bits per heavy atom. The minimum atomic E-state index is 0.0331. The van der Waals surface area contributed by atoms with Gasteiger partial charge < -0.3 is 0 Å². The second-order valence-corrected chi connectivity index (χ2v) is 6.10. The molecular weight excluding hydrogens is 196 g/mol. The third-order valence-electron chi connectivity index (χ3n) is 4.84. The summed E-state index contributed by atoms with van der Waals surface area (Å²) in [7, 11) is 0. The first-order valence-corrected chi connectivity index (χ1v) is 6.28. The van der Waals surface area contributed by atoms with Crippen LogP contribution in [0.5, 0.6) is 0 Å². The Bertz CT molecular complexity index is 362. The third-order valence-corrected chi connectivity index (χ3v) is 4.84. The van der Waals surface area contributed by atoms with Gasteiger partial charge >= 0.3 is 0 Å². The van der Waals surface area contributed by atoms with Crippen LogP contribution in [0.3, 0.4) is 0 Å². The maximum atomic E-state index is 12.0. The molecule has 0 aromatic carbocycles. The quantitative estimate of drug-likeness (QED) is 0.563. The topological polar surface area (TPSA) is 17.1 Å². The largest absolute Gasteiger partial charge is 0.299 e. The molecule has 0 amide bonds. The molecule has 1 spiro atoms. The third kappa shape index (κ3) is 1.49. The number of carbonyl (C=O) groups excluding carboxylic acids is 1. The van der Waals surface area contributed by atoms with Crippen LogP contribution in [-0.4, -0.2) is 5.78 Å². The van der Waals surface area contributed by atoms with Crippen molar-refractivity contribution in [3.63, 3.8) is 0 Å². The van der Waals surface area contributed by atoms with Gasteiger partial charge in [-0.25, -0.2) is 0 Å². The maximum Gasteiger partial charge on any atom is 0.136 e. The molecule has 0 aliphatic heterocycles. The molecular formula is C15H22O. The molecule has 1 nitrogen and oxygen atoms in total. The van der Waals surface area contributed by atoms with E-state index in [1.54, 1.807) is 0 Å². The Balaban J connectivity index is 2.39. The summed E-state index contributed by atoms with van der Waals surface area (Å²) in [5, 5.41) is 0. The predicted molar refractivity (Wildman–Crippen MR) is 67.1 cm³/mol. The van der Waals surface area contributed by atoms with E-state index in [9.17, 15) is 4.79 Å². The van der Waals surface area contributed by atoms with E-state index in [1.165, 1.54) is 5.57 Å². The molecule has 0 saturated heterocycles. The van der Waals surface area contributed by atoms with Crippen molar-refractivity contribution in [2.75, 3.05) is 0 Å². The molecule has 0 bridgehead atoms. The number of rotatable bonds is 0. The lowest BCUT2D eigenvalue weighted by Gasteiger charge is -2.52. The van der Waals surface area contributed by atoms with E-state index in [0.29, 0.717) is 12.2 Å². The Kier molecular flexibility index (Phi) is 2.60.